The fourth-order valence-corrected chi connectivity index (χ4v) is 4.81. The smallest absolute Gasteiger partial charge is 0.246 e. The second kappa shape index (κ2) is 5.40. The van der Waals surface area contributed by atoms with E-state index >= 15 is 0 Å². The highest BCUT2D eigenvalue weighted by Crippen LogP contribution is 2.35. The number of nitrogens with two attached hydrogens (primary N) is 2. The molecule has 110 valence electrons. The lowest BCUT2D eigenvalue weighted by Gasteiger charge is -2.18. The first-order chi connectivity index (χ1) is 9.23. The summed E-state index contributed by atoms with van der Waals surface area (Å²) < 4.78 is 26.2. The fourth-order valence-electron chi connectivity index (χ4n) is 2.13. The minimum atomic E-state index is -3.88. The van der Waals surface area contributed by atoms with E-state index in [2.05, 4.69) is 0 Å². The monoisotopic (exact) mass is 337 g/mol. The molecule has 0 radical (unpaired) electrons. The van der Waals surface area contributed by atoms with Gasteiger partial charge in [0.25, 0.3) is 0 Å². The number of primary amides is 1. The maximum Gasteiger partial charge on any atom is 0.246 e. The number of nitrogen functional groups attached to an aromatic ring is 1. The Bertz CT molecular complexity index is 640. The molecule has 1 amide bonds. The van der Waals surface area contributed by atoms with Crippen LogP contribution in [-0.2, 0) is 14.8 Å². The number of carbonyl (C=O) groups is 1. The molecule has 0 bridgehead atoms. The van der Waals surface area contributed by atoms with Gasteiger partial charge >= 0.3 is 0 Å². The van der Waals surface area contributed by atoms with E-state index in [0.29, 0.717) is 6.42 Å². The van der Waals surface area contributed by atoms with E-state index in [9.17, 15) is 13.2 Å². The van der Waals surface area contributed by atoms with Gasteiger partial charge in [-0.2, -0.15) is 4.31 Å². The van der Waals surface area contributed by atoms with Gasteiger partial charge in [-0.15, -0.1) is 0 Å². The van der Waals surface area contributed by atoms with Gasteiger partial charge in [0.1, 0.15) is 4.90 Å². The molecule has 1 aliphatic heterocycles. The van der Waals surface area contributed by atoms with Gasteiger partial charge in [0.15, 0.2) is 0 Å². The van der Waals surface area contributed by atoms with Gasteiger partial charge < -0.3 is 11.5 Å². The van der Waals surface area contributed by atoms with Crippen molar-refractivity contribution in [1.29, 1.82) is 0 Å². The molecule has 1 saturated heterocycles. The first-order valence-corrected chi connectivity index (χ1v) is 7.97. The molecule has 20 heavy (non-hydrogen) atoms. The molecule has 6 nitrogen and oxygen atoms in total. The molecule has 0 aromatic heterocycles. The number of amides is 1. The number of sulfonamides is 1. The molecule has 0 aliphatic carbocycles. The van der Waals surface area contributed by atoms with Crippen molar-refractivity contribution >= 4 is 44.8 Å². The van der Waals surface area contributed by atoms with Crippen molar-refractivity contribution < 1.29 is 13.2 Å². The highest BCUT2D eigenvalue weighted by molar-refractivity contribution is 7.89. The summed E-state index contributed by atoms with van der Waals surface area (Å²) in [4.78, 5) is 10.9. The number of nitrogens with zero attached hydrogens (tertiary/aromatic N) is 1. The molecule has 2 rings (SSSR count). The van der Waals surface area contributed by atoms with E-state index < -0.39 is 21.8 Å². The lowest BCUT2D eigenvalue weighted by molar-refractivity contribution is -0.121. The standard InChI is InChI=1S/C11H13Cl2N3O3S/c12-8-3-7(14)4-9(13)10(8)20(18,19)16-2-1-6(5-16)11(15)17/h3-4,6H,1-2,5,14H2,(H2,15,17). The van der Waals surface area contributed by atoms with Gasteiger partial charge in [0.2, 0.25) is 15.9 Å². The van der Waals surface area contributed by atoms with E-state index in [1.54, 1.807) is 0 Å². The van der Waals surface area contributed by atoms with Crippen LogP contribution in [0.3, 0.4) is 0 Å². The SMILES string of the molecule is NC(=O)C1CCN(S(=O)(=O)c2c(Cl)cc(N)cc2Cl)C1. The Morgan fingerprint density at radius 2 is 1.85 bits per heavy atom. The zero-order valence-electron chi connectivity index (χ0n) is 10.3. The van der Waals surface area contributed by atoms with Gasteiger partial charge in [-0.3, -0.25) is 4.79 Å². The number of rotatable bonds is 3. The molecule has 4 N–H and O–H groups in total. The Labute approximate surface area is 126 Å². The fraction of sp³-hybridized carbons (Fsp3) is 0.364. The van der Waals surface area contributed by atoms with E-state index in [0.717, 1.165) is 4.31 Å². The number of hydrogen-bond donors (Lipinski definition) is 2. The minimum absolute atomic E-state index is 0.0364. The molecule has 1 atom stereocenters. The topological polar surface area (TPSA) is 106 Å². The van der Waals surface area contributed by atoms with Crippen LogP contribution in [0.5, 0.6) is 0 Å². The van der Waals surface area contributed by atoms with Crippen LogP contribution in [0, 0.1) is 5.92 Å². The lowest BCUT2D eigenvalue weighted by Crippen LogP contribution is -2.32. The van der Waals surface area contributed by atoms with E-state index in [4.69, 9.17) is 34.7 Å². The van der Waals surface area contributed by atoms with Gasteiger partial charge in [-0.1, -0.05) is 23.2 Å². The molecular weight excluding hydrogens is 325 g/mol. The normalized spacial score (nSPS) is 20.2. The molecule has 0 spiro atoms. The van der Waals surface area contributed by atoms with Crippen molar-refractivity contribution in [3.63, 3.8) is 0 Å². The zero-order valence-corrected chi connectivity index (χ0v) is 12.7. The summed E-state index contributed by atoms with van der Waals surface area (Å²) >= 11 is 11.9. The number of carbonyl (C=O) groups excluding carboxylic acids is 1. The van der Waals surface area contributed by atoms with Crippen LogP contribution >= 0.6 is 23.2 Å². The van der Waals surface area contributed by atoms with Crippen LogP contribution in [0.15, 0.2) is 17.0 Å². The second-order valence-corrected chi connectivity index (χ2v) is 7.25. The van der Waals surface area contributed by atoms with Crippen LogP contribution in [-0.4, -0.2) is 31.7 Å². The maximum atomic E-state index is 12.5. The molecule has 1 unspecified atom stereocenters. The van der Waals surface area contributed by atoms with Crippen LogP contribution in [0.2, 0.25) is 10.0 Å². The number of benzene rings is 1. The third-order valence-electron chi connectivity index (χ3n) is 3.17. The number of anilines is 1. The average Bonchev–Trinajstić information content (AvgIpc) is 2.76. The van der Waals surface area contributed by atoms with Crippen molar-refractivity contribution in [2.24, 2.45) is 11.7 Å². The molecule has 0 saturated carbocycles. The molecule has 1 aromatic rings. The average molecular weight is 338 g/mol. The highest BCUT2D eigenvalue weighted by Gasteiger charge is 2.37. The third-order valence-corrected chi connectivity index (χ3v) is 5.96. The predicted molar refractivity (Wildman–Crippen MR) is 76.9 cm³/mol. The summed E-state index contributed by atoms with van der Waals surface area (Å²) in [7, 11) is -3.88. The van der Waals surface area contributed by atoms with Gasteiger partial charge in [0.05, 0.1) is 16.0 Å². The van der Waals surface area contributed by atoms with Crippen molar-refractivity contribution in [2.45, 2.75) is 11.3 Å². The van der Waals surface area contributed by atoms with E-state index in [1.807, 2.05) is 0 Å². The van der Waals surface area contributed by atoms with E-state index in [-0.39, 0.29) is 33.7 Å². The van der Waals surface area contributed by atoms with Crippen molar-refractivity contribution in [1.82, 2.24) is 4.31 Å². The third kappa shape index (κ3) is 2.71. The summed E-state index contributed by atoms with van der Waals surface area (Å²) in [5, 5.41) is -0.0879. The molecule has 9 heteroatoms. The first kappa shape index (κ1) is 15.4. The Morgan fingerprint density at radius 1 is 1.30 bits per heavy atom. The molecular formula is C11H13Cl2N3O3S. The molecule has 1 fully saturated rings. The Kier molecular flexibility index (Phi) is 4.15. The van der Waals surface area contributed by atoms with Crippen molar-refractivity contribution in [2.75, 3.05) is 18.8 Å². The number of hydrogen-bond acceptors (Lipinski definition) is 4. The Balaban J connectivity index is 2.40. The quantitative estimate of drug-likeness (QED) is 0.804. The van der Waals surface area contributed by atoms with Gasteiger partial charge in [-0.25, -0.2) is 8.42 Å². The Morgan fingerprint density at radius 3 is 2.30 bits per heavy atom. The predicted octanol–water partition coefficient (Wildman–Crippen LogP) is 1.07. The van der Waals surface area contributed by atoms with Crippen LogP contribution < -0.4 is 11.5 Å². The minimum Gasteiger partial charge on any atom is -0.399 e. The molecule has 1 aromatic carbocycles. The lowest BCUT2D eigenvalue weighted by atomic mass is 10.1. The van der Waals surface area contributed by atoms with Crippen LogP contribution in [0.4, 0.5) is 5.69 Å². The van der Waals surface area contributed by atoms with Crippen LogP contribution in [0.25, 0.3) is 0 Å². The summed E-state index contributed by atoms with van der Waals surface area (Å²) in [5.41, 5.74) is 11.0. The summed E-state index contributed by atoms with van der Waals surface area (Å²) in [6.07, 6.45) is 0.388. The highest BCUT2D eigenvalue weighted by atomic mass is 35.5. The zero-order chi connectivity index (χ0) is 15.1. The summed E-state index contributed by atoms with van der Waals surface area (Å²) in [6, 6.07) is 2.64. The summed E-state index contributed by atoms with van der Waals surface area (Å²) in [5.74, 6) is -1.01. The molecule has 1 heterocycles. The first-order valence-electron chi connectivity index (χ1n) is 5.77. The van der Waals surface area contributed by atoms with Gasteiger partial charge in [0, 0.05) is 18.8 Å². The van der Waals surface area contributed by atoms with Crippen molar-refractivity contribution in [3.05, 3.63) is 22.2 Å². The van der Waals surface area contributed by atoms with Crippen LogP contribution in [0.1, 0.15) is 6.42 Å². The Hall–Kier alpha value is -1.02. The van der Waals surface area contributed by atoms with Crippen molar-refractivity contribution in [3.8, 4) is 0 Å². The van der Waals surface area contributed by atoms with Gasteiger partial charge in [-0.05, 0) is 18.6 Å². The van der Waals surface area contributed by atoms with E-state index in [1.165, 1.54) is 12.1 Å². The number of halogens is 2. The largest absolute Gasteiger partial charge is 0.399 e. The molecule has 1 aliphatic rings. The second-order valence-electron chi connectivity index (χ2n) is 4.56. The summed E-state index contributed by atoms with van der Waals surface area (Å²) in [6.45, 7) is 0.238. The maximum absolute atomic E-state index is 12.5.